The van der Waals surface area contributed by atoms with Crippen LogP contribution in [0.3, 0.4) is 0 Å². The van der Waals surface area contributed by atoms with Crippen molar-refractivity contribution in [2.45, 2.75) is 37.8 Å². The average Bonchev–Trinajstić information content (AvgIpc) is 3.08. The van der Waals surface area contributed by atoms with Crippen LogP contribution in [0.15, 0.2) is 29.2 Å². The molecule has 0 aliphatic carbocycles. The van der Waals surface area contributed by atoms with E-state index in [2.05, 4.69) is 5.10 Å². The summed E-state index contributed by atoms with van der Waals surface area (Å²) in [5, 5.41) is 4.46. The van der Waals surface area contributed by atoms with E-state index in [4.69, 9.17) is 0 Å². The highest BCUT2D eigenvalue weighted by Gasteiger charge is 2.32. The molecule has 27 heavy (non-hydrogen) atoms. The van der Waals surface area contributed by atoms with Gasteiger partial charge in [0.05, 0.1) is 28.1 Å². The van der Waals surface area contributed by atoms with Gasteiger partial charge in [-0.25, -0.2) is 21.2 Å². The van der Waals surface area contributed by atoms with Gasteiger partial charge in [-0.2, -0.15) is 9.40 Å². The smallest absolute Gasteiger partial charge is 0.243 e. The lowest BCUT2D eigenvalue weighted by Gasteiger charge is -2.18. The lowest BCUT2D eigenvalue weighted by Crippen LogP contribution is -2.27. The van der Waals surface area contributed by atoms with Gasteiger partial charge in [0.1, 0.15) is 5.82 Å². The van der Waals surface area contributed by atoms with Crippen molar-refractivity contribution >= 4 is 19.9 Å². The maximum absolute atomic E-state index is 13.1. The van der Waals surface area contributed by atoms with Gasteiger partial charge in [0.2, 0.25) is 10.0 Å². The van der Waals surface area contributed by atoms with Crippen molar-refractivity contribution in [2.24, 2.45) is 0 Å². The standard InChI is InChI=1S/C17H22FN3O4S2/c1-12-17(13(2)21(19-12)15-8-9-26(22,23)11-15)10-20(3)27(24,25)16-6-4-14(18)5-7-16/h4-7,15H,8-11H2,1-3H3/t15-/m1/s1. The third kappa shape index (κ3) is 3.92. The van der Waals surface area contributed by atoms with Crippen LogP contribution in [-0.4, -0.2) is 49.5 Å². The van der Waals surface area contributed by atoms with E-state index in [1.807, 2.05) is 6.92 Å². The SMILES string of the molecule is Cc1nn([C@@H]2CCS(=O)(=O)C2)c(C)c1CN(C)S(=O)(=O)c1ccc(F)cc1. The highest BCUT2D eigenvalue weighted by atomic mass is 32.2. The van der Waals surface area contributed by atoms with Gasteiger partial charge < -0.3 is 0 Å². The summed E-state index contributed by atoms with van der Waals surface area (Å²) in [6, 6.07) is 4.45. The van der Waals surface area contributed by atoms with Crippen LogP contribution in [-0.2, 0) is 26.4 Å². The summed E-state index contributed by atoms with van der Waals surface area (Å²) in [6.45, 7) is 3.69. The fraction of sp³-hybridized carbons (Fsp3) is 0.471. The lowest BCUT2D eigenvalue weighted by atomic mass is 10.2. The molecule has 1 atom stereocenters. The highest BCUT2D eigenvalue weighted by molar-refractivity contribution is 7.91. The lowest BCUT2D eigenvalue weighted by molar-refractivity contribution is 0.461. The first kappa shape index (κ1) is 20.0. The number of sulfonamides is 1. The Bertz CT molecular complexity index is 1060. The first-order valence-electron chi connectivity index (χ1n) is 8.48. The normalized spacial score (nSPS) is 19.7. The van der Waals surface area contributed by atoms with E-state index in [0.29, 0.717) is 12.1 Å². The Morgan fingerprint density at radius 1 is 1.26 bits per heavy atom. The Labute approximate surface area is 158 Å². The molecular formula is C17H22FN3O4S2. The van der Waals surface area contributed by atoms with E-state index in [1.165, 1.54) is 23.5 Å². The molecule has 2 aromatic rings. The summed E-state index contributed by atoms with van der Waals surface area (Å²) in [5.74, 6) is -0.307. The topological polar surface area (TPSA) is 89.3 Å². The zero-order valence-corrected chi connectivity index (χ0v) is 17.0. The van der Waals surface area contributed by atoms with E-state index >= 15 is 0 Å². The highest BCUT2D eigenvalue weighted by Crippen LogP contribution is 2.28. The minimum Gasteiger partial charge on any atom is -0.265 e. The van der Waals surface area contributed by atoms with Crippen LogP contribution >= 0.6 is 0 Å². The maximum atomic E-state index is 13.1. The molecule has 1 aromatic carbocycles. The van der Waals surface area contributed by atoms with Crippen molar-refractivity contribution in [3.63, 3.8) is 0 Å². The predicted octanol–water partition coefficient (Wildman–Crippen LogP) is 1.82. The van der Waals surface area contributed by atoms with Gasteiger partial charge in [-0.05, 0) is 44.5 Å². The second kappa shape index (κ2) is 6.99. The van der Waals surface area contributed by atoms with Crippen LogP contribution in [0.1, 0.15) is 29.4 Å². The number of aryl methyl sites for hydroxylation is 1. The summed E-state index contributed by atoms with van der Waals surface area (Å²) in [7, 11) is -5.38. The molecule has 0 saturated carbocycles. The predicted molar refractivity (Wildman–Crippen MR) is 99.1 cm³/mol. The number of sulfone groups is 1. The number of benzene rings is 1. The van der Waals surface area contributed by atoms with E-state index in [-0.39, 0.29) is 29.0 Å². The van der Waals surface area contributed by atoms with E-state index in [0.717, 1.165) is 23.4 Å². The molecule has 3 rings (SSSR count). The van der Waals surface area contributed by atoms with Crippen LogP contribution in [0.25, 0.3) is 0 Å². The summed E-state index contributed by atoms with van der Waals surface area (Å²) >= 11 is 0. The molecule has 0 bridgehead atoms. The summed E-state index contributed by atoms with van der Waals surface area (Å²) in [5.41, 5.74) is 2.17. The quantitative estimate of drug-likeness (QED) is 0.743. The van der Waals surface area contributed by atoms with Gasteiger partial charge in [0.15, 0.2) is 9.84 Å². The second-order valence-corrected chi connectivity index (χ2v) is 11.1. The zero-order valence-electron chi connectivity index (χ0n) is 15.4. The molecule has 0 spiro atoms. The number of hydrogen-bond acceptors (Lipinski definition) is 5. The van der Waals surface area contributed by atoms with Crippen molar-refractivity contribution in [3.8, 4) is 0 Å². The molecule has 10 heteroatoms. The maximum Gasteiger partial charge on any atom is 0.243 e. The van der Waals surface area contributed by atoms with Gasteiger partial charge in [0.25, 0.3) is 0 Å². The zero-order chi connectivity index (χ0) is 20.0. The van der Waals surface area contributed by atoms with E-state index < -0.39 is 25.7 Å². The number of rotatable bonds is 5. The van der Waals surface area contributed by atoms with Crippen molar-refractivity contribution < 1.29 is 21.2 Å². The first-order chi connectivity index (χ1) is 12.5. The molecule has 2 heterocycles. The Morgan fingerprint density at radius 2 is 1.89 bits per heavy atom. The molecule has 7 nitrogen and oxygen atoms in total. The Hall–Kier alpha value is -1.78. The van der Waals surface area contributed by atoms with Crippen LogP contribution in [0.2, 0.25) is 0 Å². The minimum atomic E-state index is -3.78. The molecular weight excluding hydrogens is 393 g/mol. The van der Waals surface area contributed by atoms with Gasteiger partial charge in [-0.3, -0.25) is 4.68 Å². The summed E-state index contributed by atoms with van der Waals surface area (Å²) < 4.78 is 64.9. The molecule has 0 amide bonds. The molecule has 0 N–H and O–H groups in total. The summed E-state index contributed by atoms with van der Waals surface area (Å²) in [4.78, 5) is 0.0102. The molecule has 1 aromatic heterocycles. The number of hydrogen-bond donors (Lipinski definition) is 0. The average molecular weight is 416 g/mol. The third-order valence-electron chi connectivity index (χ3n) is 4.93. The van der Waals surface area contributed by atoms with Crippen LogP contribution in [0.4, 0.5) is 4.39 Å². The largest absolute Gasteiger partial charge is 0.265 e. The molecule has 0 radical (unpaired) electrons. The van der Waals surface area contributed by atoms with Crippen LogP contribution in [0, 0.1) is 19.7 Å². The van der Waals surface area contributed by atoms with Crippen LogP contribution in [0.5, 0.6) is 0 Å². The van der Waals surface area contributed by atoms with Gasteiger partial charge in [-0.1, -0.05) is 0 Å². The third-order valence-corrected chi connectivity index (χ3v) is 8.50. The minimum absolute atomic E-state index is 0.0102. The Morgan fingerprint density at radius 3 is 2.44 bits per heavy atom. The fourth-order valence-corrected chi connectivity index (χ4v) is 6.17. The number of aromatic nitrogens is 2. The first-order valence-corrected chi connectivity index (χ1v) is 11.7. The van der Waals surface area contributed by atoms with Crippen molar-refractivity contribution in [2.75, 3.05) is 18.6 Å². The van der Waals surface area contributed by atoms with Crippen molar-refractivity contribution in [1.82, 2.24) is 14.1 Å². The van der Waals surface area contributed by atoms with Gasteiger partial charge >= 0.3 is 0 Å². The molecule has 1 aliphatic rings. The van der Waals surface area contributed by atoms with Crippen molar-refractivity contribution in [1.29, 1.82) is 0 Å². The van der Waals surface area contributed by atoms with E-state index in [9.17, 15) is 21.2 Å². The Kier molecular flexibility index (Phi) is 5.17. The van der Waals surface area contributed by atoms with Crippen molar-refractivity contribution in [3.05, 3.63) is 47.0 Å². The molecule has 1 fully saturated rings. The molecule has 148 valence electrons. The second-order valence-electron chi connectivity index (χ2n) is 6.87. The number of nitrogens with zero attached hydrogens (tertiary/aromatic N) is 3. The van der Waals surface area contributed by atoms with Gasteiger partial charge in [0, 0.05) is 24.8 Å². The monoisotopic (exact) mass is 415 g/mol. The Balaban J connectivity index is 1.86. The van der Waals surface area contributed by atoms with Gasteiger partial charge in [-0.15, -0.1) is 0 Å². The molecule has 1 saturated heterocycles. The number of halogens is 1. The molecule has 0 unspecified atom stereocenters. The van der Waals surface area contributed by atoms with Crippen LogP contribution < -0.4 is 0 Å². The van der Waals surface area contributed by atoms with E-state index in [1.54, 1.807) is 11.6 Å². The summed E-state index contributed by atoms with van der Waals surface area (Å²) in [6.07, 6.45) is 0.507. The molecule has 1 aliphatic heterocycles. The fourth-order valence-electron chi connectivity index (χ4n) is 3.34.